The topological polar surface area (TPSA) is 310 Å². The van der Waals surface area contributed by atoms with Crippen LogP contribution in [0.25, 0.3) is 0 Å². The summed E-state index contributed by atoms with van der Waals surface area (Å²) < 4.78 is 5.29. The number of nitrogens with one attached hydrogen (secondary N) is 4. The molecule has 2 rings (SSSR count). The predicted octanol–water partition coefficient (Wildman–Crippen LogP) is -0.271. The molecule has 59 heavy (non-hydrogen) atoms. The molecule has 1 atom stereocenters. The predicted molar refractivity (Wildman–Crippen MR) is 218 cm³/mol. The third kappa shape index (κ3) is 28.3. The van der Waals surface area contributed by atoms with Crippen LogP contribution in [-0.2, 0) is 56.2 Å². The molecule has 1 aromatic rings. The van der Waals surface area contributed by atoms with Crippen LogP contribution in [-0.4, -0.2) is 119 Å². The van der Waals surface area contributed by atoms with Crippen LogP contribution in [0.3, 0.4) is 0 Å². The summed E-state index contributed by atoms with van der Waals surface area (Å²) in [4.78, 5) is 107. The first kappa shape index (κ1) is 56.6. The van der Waals surface area contributed by atoms with Gasteiger partial charge in [-0.3, -0.25) is 43.3 Å². The smallest absolute Gasteiger partial charge is 0.312 e. The maximum atomic E-state index is 13.2. The molecular formula is C39H58N8O12. The highest BCUT2D eigenvalue weighted by Crippen LogP contribution is 2.19. The minimum absolute atomic E-state index is 0.0248. The lowest BCUT2D eigenvalue weighted by Crippen LogP contribution is -2.47. The average Bonchev–Trinajstić information content (AvgIpc) is 3.51. The molecule has 0 bridgehead atoms. The van der Waals surface area contributed by atoms with Crippen molar-refractivity contribution < 1.29 is 58.1 Å². The number of carbonyl (C=O) groups is 9. The molecule has 9 amide bonds. The van der Waals surface area contributed by atoms with Crippen LogP contribution in [0.1, 0.15) is 70.4 Å². The third-order valence-corrected chi connectivity index (χ3v) is 6.93. The molecule has 0 unspecified atom stereocenters. The van der Waals surface area contributed by atoms with Crippen molar-refractivity contribution in [3.05, 3.63) is 41.5 Å². The summed E-state index contributed by atoms with van der Waals surface area (Å²) in [6.07, 6.45) is 19.2. The van der Waals surface area contributed by atoms with E-state index in [0.29, 0.717) is 11.1 Å². The number of hydrogen-bond acceptors (Lipinski definition) is 11. The zero-order valence-electron chi connectivity index (χ0n) is 34.0. The number of carbonyl (C=O) groups excluding carboxylic acids is 8. The maximum absolute atomic E-state index is 13.2. The van der Waals surface area contributed by atoms with Gasteiger partial charge in [0.25, 0.3) is 11.8 Å². The lowest BCUT2D eigenvalue weighted by Gasteiger charge is -2.21. The largest absolute Gasteiger partial charge is 0.481 e. The van der Waals surface area contributed by atoms with Gasteiger partial charge in [0.15, 0.2) is 0 Å². The van der Waals surface area contributed by atoms with E-state index in [1.807, 2.05) is 0 Å². The monoisotopic (exact) mass is 830 g/mol. The van der Waals surface area contributed by atoms with E-state index in [0.717, 1.165) is 17.1 Å². The molecule has 0 fully saturated rings. The van der Waals surface area contributed by atoms with Gasteiger partial charge in [0, 0.05) is 57.7 Å². The van der Waals surface area contributed by atoms with Crippen molar-refractivity contribution in [2.45, 2.75) is 78.5 Å². The van der Waals surface area contributed by atoms with Crippen LogP contribution in [0.15, 0.2) is 30.4 Å². The number of terminal acetylenes is 2. The Morgan fingerprint density at radius 2 is 1.46 bits per heavy atom. The Hall–Kier alpha value is -6.77. The quantitative estimate of drug-likeness (QED) is 0.0451. The lowest BCUT2D eigenvalue weighted by molar-refractivity contribution is -0.140. The number of primary amides is 2. The van der Waals surface area contributed by atoms with Gasteiger partial charge in [-0.2, -0.15) is 0 Å². The number of benzene rings is 1. The van der Waals surface area contributed by atoms with Crippen molar-refractivity contribution in [3.63, 3.8) is 0 Å². The Morgan fingerprint density at radius 1 is 0.881 bits per heavy atom. The minimum Gasteiger partial charge on any atom is -0.481 e. The van der Waals surface area contributed by atoms with Gasteiger partial charge in [0.2, 0.25) is 29.5 Å². The first-order valence-electron chi connectivity index (χ1n) is 18.1. The number of aliphatic carboxylic acids is 1. The Labute approximate surface area is 344 Å². The summed E-state index contributed by atoms with van der Waals surface area (Å²) >= 11 is 0. The van der Waals surface area contributed by atoms with Crippen molar-refractivity contribution >= 4 is 59.0 Å². The normalized spacial score (nSPS) is 11.2. The number of aliphatic hydroxyl groups excluding tert-OH is 1. The van der Waals surface area contributed by atoms with E-state index in [-0.39, 0.29) is 83.2 Å². The molecule has 0 saturated heterocycles. The van der Waals surface area contributed by atoms with Crippen LogP contribution in [0.2, 0.25) is 0 Å². The minimum atomic E-state index is -1.11. The standard InChI is InChI=1S/C30H41N7O11.C3H8.C2H5NO.2C2H2/c1-36(25(41)8-9-28(44)45)17-20-15-21(5-4-19(20)18-38)34-29(46)22(3-2-11-32-30(31)47)35-24(40)16-33-23(39)10-13-48-14-12-37-26(42)6-7-27(37)43;1-3-2;1-2(3)4;2*1-2/h4-7,15,22,38H,2-3,8-14,16-18H2,1H3,(H,33,39)(H,34,46)(H,35,40)(H,44,45)(H3,31,32,47);3H2,1-2H3;1H3,(H2,3,4);2*1-2H/t22-;;;;/m0..../s1. The number of nitrogens with two attached hydrogens (primary N) is 2. The average molecular weight is 831 g/mol. The number of ether oxygens (including phenoxy) is 1. The third-order valence-electron chi connectivity index (χ3n) is 6.93. The summed E-state index contributed by atoms with van der Waals surface area (Å²) in [5, 5.41) is 28.6. The van der Waals surface area contributed by atoms with Crippen molar-refractivity contribution in [2.24, 2.45) is 11.5 Å². The van der Waals surface area contributed by atoms with Crippen LogP contribution in [0.5, 0.6) is 0 Å². The fourth-order valence-electron chi connectivity index (χ4n) is 4.36. The van der Waals surface area contributed by atoms with Gasteiger partial charge >= 0.3 is 12.0 Å². The van der Waals surface area contributed by atoms with Gasteiger partial charge in [-0.25, -0.2) is 4.79 Å². The molecule has 326 valence electrons. The van der Waals surface area contributed by atoms with Crippen molar-refractivity contribution in [2.75, 3.05) is 45.2 Å². The molecule has 1 aromatic carbocycles. The lowest BCUT2D eigenvalue weighted by atomic mass is 10.1. The van der Waals surface area contributed by atoms with Crippen LogP contribution >= 0.6 is 0 Å². The number of amides is 9. The number of carboxylic acids is 1. The van der Waals surface area contributed by atoms with E-state index in [1.54, 1.807) is 6.07 Å². The molecule has 0 aromatic heterocycles. The molecule has 20 nitrogen and oxygen atoms in total. The fourth-order valence-corrected chi connectivity index (χ4v) is 4.36. The van der Waals surface area contributed by atoms with Gasteiger partial charge in [0.1, 0.15) is 6.04 Å². The molecular weight excluding hydrogens is 772 g/mol. The number of urea groups is 1. The zero-order chi connectivity index (χ0) is 45.9. The van der Waals surface area contributed by atoms with Gasteiger partial charge in [-0.15, -0.1) is 25.7 Å². The summed E-state index contributed by atoms with van der Waals surface area (Å²) in [6.45, 7) is 4.92. The zero-order valence-corrected chi connectivity index (χ0v) is 34.0. The number of rotatable bonds is 21. The van der Waals surface area contributed by atoms with Crippen molar-refractivity contribution in [1.82, 2.24) is 25.8 Å². The summed E-state index contributed by atoms with van der Waals surface area (Å²) in [5.74, 6) is -4.58. The molecule has 0 radical (unpaired) electrons. The molecule has 1 aliphatic rings. The van der Waals surface area contributed by atoms with Crippen LogP contribution < -0.4 is 32.7 Å². The number of carboxylic acid groups (broad SMARTS) is 1. The highest BCUT2D eigenvalue weighted by atomic mass is 16.5. The molecule has 10 N–H and O–H groups in total. The van der Waals surface area contributed by atoms with E-state index in [1.165, 1.54) is 37.4 Å². The number of anilines is 1. The van der Waals surface area contributed by atoms with Crippen molar-refractivity contribution in [1.29, 1.82) is 0 Å². The first-order chi connectivity index (χ1) is 27.9. The molecule has 0 spiro atoms. The van der Waals surface area contributed by atoms with E-state index in [4.69, 9.17) is 15.6 Å². The fraction of sp³-hybridized carbons (Fsp3) is 0.462. The van der Waals surface area contributed by atoms with Gasteiger partial charge in [-0.05, 0) is 36.1 Å². The molecule has 1 aliphatic heterocycles. The van der Waals surface area contributed by atoms with Gasteiger partial charge in [-0.1, -0.05) is 26.3 Å². The Balaban J connectivity index is -0.00000256. The summed E-state index contributed by atoms with van der Waals surface area (Å²) in [6, 6.07) is 2.75. The van der Waals surface area contributed by atoms with E-state index in [9.17, 15) is 48.3 Å². The number of aliphatic hydroxyl groups is 1. The number of nitrogens with zero attached hydrogens (tertiary/aromatic N) is 2. The van der Waals surface area contributed by atoms with E-state index < -0.39 is 60.0 Å². The second-order valence-corrected chi connectivity index (χ2v) is 11.9. The van der Waals surface area contributed by atoms with E-state index >= 15 is 0 Å². The van der Waals surface area contributed by atoms with Crippen molar-refractivity contribution in [3.8, 4) is 25.7 Å². The molecule has 1 heterocycles. The Kier molecular flexibility index (Phi) is 33.1. The summed E-state index contributed by atoms with van der Waals surface area (Å²) in [7, 11) is 1.48. The van der Waals surface area contributed by atoms with E-state index in [2.05, 4.69) is 66.5 Å². The second kappa shape index (κ2) is 34.5. The highest BCUT2D eigenvalue weighted by Gasteiger charge is 2.23. The van der Waals surface area contributed by atoms with Crippen LogP contribution in [0.4, 0.5) is 10.5 Å². The Morgan fingerprint density at radius 3 is 1.98 bits per heavy atom. The van der Waals surface area contributed by atoms with Gasteiger partial charge in [0.05, 0.1) is 39.3 Å². The maximum Gasteiger partial charge on any atom is 0.312 e. The summed E-state index contributed by atoms with van der Waals surface area (Å²) in [5.41, 5.74) is 10.8. The number of hydrogen-bond donors (Lipinski definition) is 8. The Bertz CT molecular complexity index is 1580. The molecule has 20 heteroatoms. The highest BCUT2D eigenvalue weighted by molar-refractivity contribution is 6.12. The number of imide groups is 1. The second-order valence-electron chi connectivity index (χ2n) is 11.9. The van der Waals surface area contributed by atoms with Gasteiger partial charge < -0.3 is 52.6 Å². The van der Waals surface area contributed by atoms with Crippen LogP contribution in [0, 0.1) is 25.7 Å². The first-order valence-corrected chi connectivity index (χ1v) is 18.1. The SMILES string of the molecule is C#C.C#C.CC(N)=O.CCC.CN(Cc1cc(NC(=O)[C@H](CCCNC(N)=O)NC(=O)CNC(=O)CCOCCN2C(=O)C=CC2=O)ccc1CO)C(=O)CCC(=O)O. The molecule has 0 aliphatic carbocycles. The molecule has 0 saturated carbocycles.